The van der Waals surface area contributed by atoms with Crippen LogP contribution in [0.15, 0.2) is 42.7 Å². The van der Waals surface area contributed by atoms with Crippen LogP contribution >= 0.6 is 0 Å². The fourth-order valence-electron chi connectivity index (χ4n) is 3.21. The van der Waals surface area contributed by atoms with Gasteiger partial charge in [0, 0.05) is 31.4 Å². The molecule has 2 aromatic rings. The Kier molecular flexibility index (Phi) is 4.36. The molecule has 1 fully saturated rings. The normalized spacial score (nSPS) is 23.3. The summed E-state index contributed by atoms with van der Waals surface area (Å²) in [6.07, 6.45) is 6.60. The van der Waals surface area contributed by atoms with Crippen LogP contribution in [0.1, 0.15) is 24.0 Å². The zero-order valence-electron chi connectivity index (χ0n) is 12.5. The third-order valence-electron chi connectivity index (χ3n) is 4.29. The van der Waals surface area contributed by atoms with Gasteiger partial charge in [0.2, 0.25) is 0 Å². The van der Waals surface area contributed by atoms with Gasteiger partial charge in [-0.2, -0.15) is 5.10 Å². The number of hydrogen-bond donors (Lipinski definition) is 1. The van der Waals surface area contributed by atoms with Gasteiger partial charge in [0.25, 0.3) is 0 Å². The summed E-state index contributed by atoms with van der Waals surface area (Å²) >= 11 is 0. The molecule has 0 bridgehead atoms. The lowest BCUT2D eigenvalue weighted by atomic mass is 9.92. The Morgan fingerprint density at radius 1 is 1.24 bits per heavy atom. The molecular weight excluding hydrogens is 262 g/mol. The average Bonchev–Trinajstić information content (AvgIpc) is 2.89. The highest BCUT2D eigenvalue weighted by atomic mass is 16.3. The summed E-state index contributed by atoms with van der Waals surface area (Å²) in [5.41, 5.74) is 2.50. The van der Waals surface area contributed by atoms with Gasteiger partial charge in [-0.25, -0.2) is 0 Å². The molecule has 21 heavy (non-hydrogen) atoms. The summed E-state index contributed by atoms with van der Waals surface area (Å²) in [6.45, 7) is 1.91. The highest BCUT2D eigenvalue weighted by Crippen LogP contribution is 2.23. The number of hydrogen-bond acceptors (Lipinski definition) is 3. The summed E-state index contributed by atoms with van der Waals surface area (Å²) < 4.78 is 1.84. The van der Waals surface area contributed by atoms with E-state index in [2.05, 4.69) is 40.5 Å². The predicted molar refractivity (Wildman–Crippen MR) is 82.8 cm³/mol. The first-order valence-electron chi connectivity index (χ1n) is 7.66. The van der Waals surface area contributed by atoms with Crippen LogP contribution in [0.3, 0.4) is 0 Å². The smallest absolute Gasteiger partial charge is 0.0699 e. The molecule has 1 aromatic carbocycles. The Labute approximate surface area is 126 Å². The minimum absolute atomic E-state index is 0.196. The van der Waals surface area contributed by atoms with Gasteiger partial charge < -0.3 is 5.11 Å². The lowest BCUT2D eigenvalue weighted by molar-refractivity contribution is 0.00672. The first kappa shape index (κ1) is 14.3. The first-order chi connectivity index (χ1) is 10.2. The van der Waals surface area contributed by atoms with E-state index in [-0.39, 0.29) is 12.1 Å². The second-order valence-electron chi connectivity index (χ2n) is 5.96. The van der Waals surface area contributed by atoms with Gasteiger partial charge in [0.15, 0.2) is 0 Å². The van der Waals surface area contributed by atoms with E-state index in [1.165, 1.54) is 11.1 Å². The molecule has 3 rings (SSSR count). The largest absolute Gasteiger partial charge is 0.391 e. The monoisotopic (exact) mass is 285 g/mol. The predicted octanol–water partition coefficient (Wildman–Crippen LogP) is 1.99. The SMILES string of the molecule is Cn1cc(CN2CCC[C@H](O)[C@@H]2Cc2ccccc2)cn1. The van der Waals surface area contributed by atoms with Crippen molar-refractivity contribution in [2.75, 3.05) is 6.54 Å². The van der Waals surface area contributed by atoms with Crippen molar-refractivity contribution in [1.82, 2.24) is 14.7 Å². The van der Waals surface area contributed by atoms with Crippen LogP contribution in [0.4, 0.5) is 0 Å². The van der Waals surface area contributed by atoms with Crippen molar-refractivity contribution in [2.45, 2.75) is 38.0 Å². The molecule has 0 aliphatic carbocycles. The molecule has 4 heteroatoms. The van der Waals surface area contributed by atoms with Gasteiger partial charge in [-0.05, 0) is 31.4 Å². The average molecular weight is 285 g/mol. The molecule has 0 saturated carbocycles. The van der Waals surface area contributed by atoms with E-state index >= 15 is 0 Å². The number of rotatable bonds is 4. The summed E-state index contributed by atoms with van der Waals surface area (Å²) in [5.74, 6) is 0. The van der Waals surface area contributed by atoms with Gasteiger partial charge in [-0.1, -0.05) is 30.3 Å². The van der Waals surface area contributed by atoms with Crippen LogP contribution in [0.5, 0.6) is 0 Å². The Hall–Kier alpha value is -1.65. The van der Waals surface area contributed by atoms with Crippen molar-refractivity contribution < 1.29 is 5.11 Å². The molecular formula is C17H23N3O. The highest BCUT2D eigenvalue weighted by molar-refractivity contribution is 5.17. The molecule has 1 saturated heterocycles. The molecule has 2 atom stereocenters. The maximum Gasteiger partial charge on any atom is 0.0699 e. The van der Waals surface area contributed by atoms with Crippen LogP contribution in [-0.4, -0.2) is 38.5 Å². The van der Waals surface area contributed by atoms with E-state index in [1.807, 2.05) is 24.0 Å². The molecule has 0 unspecified atom stereocenters. The number of benzene rings is 1. The first-order valence-corrected chi connectivity index (χ1v) is 7.66. The molecule has 0 amide bonds. The van der Waals surface area contributed by atoms with Crippen molar-refractivity contribution in [3.05, 3.63) is 53.9 Å². The molecule has 1 N–H and O–H groups in total. The van der Waals surface area contributed by atoms with Crippen LogP contribution in [-0.2, 0) is 20.0 Å². The Morgan fingerprint density at radius 3 is 2.76 bits per heavy atom. The molecule has 0 spiro atoms. The standard InChI is InChI=1S/C17H23N3O/c1-19-12-15(11-18-19)13-20-9-5-8-17(21)16(20)10-14-6-3-2-4-7-14/h2-4,6-7,11-12,16-17,21H,5,8-10,13H2,1H3/t16-,17-/m0/s1. The Morgan fingerprint density at radius 2 is 2.05 bits per heavy atom. The van der Waals surface area contributed by atoms with E-state index in [0.29, 0.717) is 0 Å². The molecule has 1 aromatic heterocycles. The number of aryl methyl sites for hydroxylation is 1. The number of aromatic nitrogens is 2. The molecule has 4 nitrogen and oxygen atoms in total. The molecule has 1 aliphatic rings. The van der Waals surface area contributed by atoms with E-state index in [4.69, 9.17) is 0 Å². The van der Waals surface area contributed by atoms with Crippen molar-refractivity contribution in [3.63, 3.8) is 0 Å². The third kappa shape index (κ3) is 3.52. The summed E-state index contributed by atoms with van der Waals surface area (Å²) in [4.78, 5) is 2.40. The van der Waals surface area contributed by atoms with Crippen LogP contribution in [0.25, 0.3) is 0 Å². The molecule has 1 aliphatic heterocycles. The van der Waals surface area contributed by atoms with Gasteiger partial charge >= 0.3 is 0 Å². The number of piperidine rings is 1. The number of likely N-dealkylation sites (tertiary alicyclic amines) is 1. The third-order valence-corrected chi connectivity index (χ3v) is 4.29. The molecule has 112 valence electrons. The number of aliphatic hydroxyl groups is 1. The molecule has 2 heterocycles. The Balaban J connectivity index is 1.73. The van der Waals surface area contributed by atoms with Crippen molar-refractivity contribution >= 4 is 0 Å². The second-order valence-corrected chi connectivity index (χ2v) is 5.96. The lowest BCUT2D eigenvalue weighted by Gasteiger charge is -2.39. The zero-order valence-corrected chi connectivity index (χ0v) is 12.5. The zero-order chi connectivity index (χ0) is 14.7. The van der Waals surface area contributed by atoms with Gasteiger partial charge in [-0.15, -0.1) is 0 Å². The maximum absolute atomic E-state index is 10.4. The number of aliphatic hydroxyl groups excluding tert-OH is 1. The van der Waals surface area contributed by atoms with E-state index in [1.54, 1.807) is 0 Å². The van der Waals surface area contributed by atoms with Crippen molar-refractivity contribution in [2.24, 2.45) is 7.05 Å². The number of nitrogens with zero attached hydrogens (tertiary/aromatic N) is 3. The van der Waals surface area contributed by atoms with Crippen LogP contribution in [0.2, 0.25) is 0 Å². The summed E-state index contributed by atoms with van der Waals surface area (Å²) in [7, 11) is 1.94. The van der Waals surface area contributed by atoms with E-state index in [0.717, 1.165) is 32.4 Å². The van der Waals surface area contributed by atoms with Crippen molar-refractivity contribution in [1.29, 1.82) is 0 Å². The van der Waals surface area contributed by atoms with Gasteiger partial charge in [0.1, 0.15) is 0 Å². The van der Waals surface area contributed by atoms with Gasteiger partial charge in [0.05, 0.1) is 12.3 Å². The van der Waals surface area contributed by atoms with Gasteiger partial charge in [-0.3, -0.25) is 9.58 Å². The quantitative estimate of drug-likeness (QED) is 0.934. The minimum atomic E-state index is -0.240. The maximum atomic E-state index is 10.4. The van der Waals surface area contributed by atoms with E-state index < -0.39 is 0 Å². The summed E-state index contributed by atoms with van der Waals surface area (Å²) in [5, 5.41) is 14.7. The Bertz CT molecular complexity index is 566. The summed E-state index contributed by atoms with van der Waals surface area (Å²) in [6, 6.07) is 10.6. The topological polar surface area (TPSA) is 41.3 Å². The van der Waals surface area contributed by atoms with Crippen LogP contribution < -0.4 is 0 Å². The molecule has 0 radical (unpaired) electrons. The fourth-order valence-corrected chi connectivity index (χ4v) is 3.21. The second kappa shape index (κ2) is 6.41. The highest BCUT2D eigenvalue weighted by Gasteiger charge is 2.30. The van der Waals surface area contributed by atoms with Crippen molar-refractivity contribution in [3.8, 4) is 0 Å². The van der Waals surface area contributed by atoms with E-state index in [9.17, 15) is 5.11 Å². The van der Waals surface area contributed by atoms with Crippen LogP contribution in [0, 0.1) is 0 Å². The minimum Gasteiger partial charge on any atom is -0.391 e. The fraction of sp³-hybridized carbons (Fsp3) is 0.471. The lowest BCUT2D eigenvalue weighted by Crippen LogP contribution is -2.48.